The zero-order valence-corrected chi connectivity index (χ0v) is 17.6. The quantitative estimate of drug-likeness (QED) is 0.523. The monoisotopic (exact) mass is 412 g/mol. The third-order valence-corrected chi connectivity index (χ3v) is 6.28. The molecule has 0 saturated carbocycles. The van der Waals surface area contributed by atoms with E-state index in [1.807, 2.05) is 36.4 Å². The van der Waals surface area contributed by atoms with Crippen molar-refractivity contribution in [3.05, 3.63) is 90.5 Å². The molecule has 0 amide bonds. The van der Waals surface area contributed by atoms with Gasteiger partial charge in [-0.15, -0.1) is 0 Å². The molecule has 2 aliphatic rings. The van der Waals surface area contributed by atoms with Gasteiger partial charge in [0.2, 0.25) is 0 Å². The summed E-state index contributed by atoms with van der Waals surface area (Å²) in [6, 6.07) is 27.0. The molecule has 0 aromatic heterocycles. The summed E-state index contributed by atoms with van der Waals surface area (Å²) in [7, 11) is 0. The van der Waals surface area contributed by atoms with Gasteiger partial charge in [0, 0.05) is 37.2 Å². The molecule has 4 heteroatoms. The minimum absolute atomic E-state index is 0.236. The Balaban J connectivity index is 1.26. The molecule has 2 aliphatic heterocycles. The zero-order valence-electron chi connectivity index (χ0n) is 16.8. The maximum absolute atomic E-state index is 6.52. The predicted octanol–water partition coefficient (Wildman–Crippen LogP) is 5.99. The van der Waals surface area contributed by atoms with Crippen molar-refractivity contribution in [2.24, 2.45) is 0 Å². The van der Waals surface area contributed by atoms with Gasteiger partial charge in [0.1, 0.15) is 11.4 Å². The first-order valence-electron chi connectivity index (χ1n) is 10.4. The number of nitrogens with one attached hydrogen (secondary N) is 1. The first kappa shape index (κ1) is 18.9. The summed E-state index contributed by atoms with van der Waals surface area (Å²) in [5.74, 6) is 0.968. The molecule has 5 rings (SSSR count). The number of ether oxygens (including phenoxy) is 1. The third kappa shape index (κ3) is 3.83. The van der Waals surface area contributed by atoms with Crippen molar-refractivity contribution in [1.82, 2.24) is 4.90 Å². The van der Waals surface area contributed by atoms with Crippen molar-refractivity contribution >= 4 is 29.1 Å². The first-order chi connectivity index (χ1) is 14.7. The standard InChI is InChI=1S/C26H24N2OS/c30-25(27-23-9-5-2-6-10-23)28-17-15-26(16-18-28)14-13-22-19-21(11-12-24(22)29-26)20-7-3-1-4-8-20/h1-14,19H,15-18H2,(H,27,30). The van der Waals surface area contributed by atoms with Crippen LogP contribution in [0, 0.1) is 0 Å². The number of piperidine rings is 1. The lowest BCUT2D eigenvalue weighted by molar-refractivity contribution is 0.0594. The molecule has 3 nitrogen and oxygen atoms in total. The summed E-state index contributed by atoms with van der Waals surface area (Å²) in [5.41, 5.74) is 4.37. The number of fused-ring (bicyclic) bond motifs is 1. The first-order valence-corrected chi connectivity index (χ1v) is 10.8. The number of hydrogen-bond acceptors (Lipinski definition) is 2. The van der Waals surface area contributed by atoms with Gasteiger partial charge in [-0.3, -0.25) is 0 Å². The van der Waals surface area contributed by atoms with Crippen LogP contribution in [0.15, 0.2) is 84.9 Å². The second-order valence-corrected chi connectivity index (χ2v) is 8.29. The Morgan fingerprint density at radius 3 is 2.30 bits per heavy atom. The Kier molecular flexibility index (Phi) is 5.01. The summed E-state index contributed by atoms with van der Waals surface area (Å²) in [6.07, 6.45) is 6.30. The number of anilines is 1. The Labute approximate surface area is 183 Å². The third-order valence-electron chi connectivity index (χ3n) is 5.92. The molecule has 1 saturated heterocycles. The molecule has 30 heavy (non-hydrogen) atoms. The maximum Gasteiger partial charge on any atom is 0.173 e. The highest BCUT2D eigenvalue weighted by molar-refractivity contribution is 7.80. The smallest absolute Gasteiger partial charge is 0.173 e. The number of hydrogen-bond donors (Lipinski definition) is 1. The fraction of sp³-hybridized carbons (Fsp3) is 0.192. The van der Waals surface area contributed by atoms with Gasteiger partial charge in [0.25, 0.3) is 0 Å². The van der Waals surface area contributed by atoms with Crippen molar-refractivity contribution < 1.29 is 4.74 Å². The molecular formula is C26H24N2OS. The van der Waals surface area contributed by atoms with E-state index in [0.717, 1.165) is 48.0 Å². The summed E-state index contributed by atoms with van der Waals surface area (Å²) in [4.78, 5) is 2.23. The van der Waals surface area contributed by atoms with Gasteiger partial charge in [0.05, 0.1) is 0 Å². The van der Waals surface area contributed by atoms with Crippen molar-refractivity contribution in [3.8, 4) is 16.9 Å². The molecule has 3 aromatic rings. The van der Waals surface area contributed by atoms with Crippen LogP contribution in [0.2, 0.25) is 0 Å². The number of nitrogens with zero attached hydrogens (tertiary/aromatic N) is 1. The van der Waals surface area contributed by atoms with Gasteiger partial charge in [-0.25, -0.2) is 0 Å². The fourth-order valence-electron chi connectivity index (χ4n) is 4.16. The minimum Gasteiger partial charge on any atom is -0.482 e. The van der Waals surface area contributed by atoms with E-state index in [-0.39, 0.29) is 5.60 Å². The molecule has 3 aromatic carbocycles. The summed E-state index contributed by atoms with van der Waals surface area (Å²) in [6.45, 7) is 1.75. The minimum atomic E-state index is -0.236. The number of benzene rings is 3. The second-order valence-electron chi connectivity index (χ2n) is 7.90. The number of likely N-dealkylation sites (tertiary alicyclic amines) is 1. The van der Waals surface area contributed by atoms with E-state index in [1.165, 1.54) is 11.1 Å². The van der Waals surface area contributed by atoms with Crippen molar-refractivity contribution in [1.29, 1.82) is 0 Å². The van der Waals surface area contributed by atoms with Gasteiger partial charge >= 0.3 is 0 Å². The van der Waals surface area contributed by atoms with Gasteiger partial charge in [-0.05, 0) is 53.7 Å². The van der Waals surface area contributed by atoms with Gasteiger partial charge in [-0.1, -0.05) is 60.7 Å². The topological polar surface area (TPSA) is 24.5 Å². The van der Waals surface area contributed by atoms with Crippen molar-refractivity contribution in [3.63, 3.8) is 0 Å². The summed E-state index contributed by atoms with van der Waals surface area (Å²) in [5, 5.41) is 4.12. The van der Waals surface area contributed by atoms with E-state index in [4.69, 9.17) is 17.0 Å². The highest BCUT2D eigenvalue weighted by atomic mass is 32.1. The lowest BCUT2D eigenvalue weighted by atomic mass is 9.87. The van der Waals surface area contributed by atoms with E-state index >= 15 is 0 Å². The van der Waals surface area contributed by atoms with Crippen molar-refractivity contribution in [2.45, 2.75) is 18.4 Å². The Hall–Kier alpha value is -3.11. The summed E-state index contributed by atoms with van der Waals surface area (Å²) < 4.78 is 6.52. The van der Waals surface area contributed by atoms with Crippen LogP contribution in [0.3, 0.4) is 0 Å². The second kappa shape index (κ2) is 7.96. The summed E-state index contributed by atoms with van der Waals surface area (Å²) >= 11 is 5.63. The highest BCUT2D eigenvalue weighted by Crippen LogP contribution is 2.38. The van der Waals surface area contributed by atoms with Crippen LogP contribution in [-0.2, 0) is 0 Å². The number of thiocarbonyl (C=S) groups is 1. The average molecular weight is 413 g/mol. The van der Waals surface area contributed by atoms with Gasteiger partial charge in [-0.2, -0.15) is 0 Å². The highest BCUT2D eigenvalue weighted by Gasteiger charge is 2.37. The van der Waals surface area contributed by atoms with Crippen LogP contribution in [-0.4, -0.2) is 28.7 Å². The predicted molar refractivity (Wildman–Crippen MR) is 128 cm³/mol. The van der Waals surface area contributed by atoms with Crippen LogP contribution in [0.25, 0.3) is 17.2 Å². The van der Waals surface area contributed by atoms with E-state index in [9.17, 15) is 0 Å². The van der Waals surface area contributed by atoms with Crippen LogP contribution < -0.4 is 10.1 Å². The number of rotatable bonds is 2. The van der Waals surface area contributed by atoms with Crippen LogP contribution in [0.1, 0.15) is 18.4 Å². The Bertz CT molecular complexity index is 1070. The number of para-hydroxylation sites is 1. The van der Waals surface area contributed by atoms with Crippen molar-refractivity contribution in [2.75, 3.05) is 18.4 Å². The Morgan fingerprint density at radius 2 is 1.57 bits per heavy atom. The van der Waals surface area contributed by atoms with Crippen LogP contribution >= 0.6 is 12.2 Å². The molecular weight excluding hydrogens is 388 g/mol. The molecule has 0 radical (unpaired) electrons. The van der Waals surface area contributed by atoms with E-state index in [0.29, 0.717) is 0 Å². The zero-order chi connectivity index (χ0) is 20.4. The molecule has 0 bridgehead atoms. The molecule has 0 atom stereocenters. The molecule has 0 aliphatic carbocycles. The average Bonchev–Trinajstić information content (AvgIpc) is 2.80. The molecule has 1 N–H and O–H groups in total. The normalized spacial score (nSPS) is 16.6. The Morgan fingerprint density at radius 1 is 0.867 bits per heavy atom. The molecule has 2 heterocycles. The maximum atomic E-state index is 6.52. The van der Waals surface area contributed by atoms with E-state index in [1.54, 1.807) is 0 Å². The largest absolute Gasteiger partial charge is 0.482 e. The molecule has 150 valence electrons. The lowest BCUT2D eigenvalue weighted by Gasteiger charge is -2.42. The molecule has 0 unspecified atom stereocenters. The molecule has 1 spiro atoms. The SMILES string of the molecule is S=C(Nc1ccccc1)N1CCC2(C=Cc3cc(-c4ccccc4)ccc3O2)CC1. The van der Waals surface area contributed by atoms with E-state index in [2.05, 4.69) is 64.8 Å². The van der Waals surface area contributed by atoms with Crippen LogP contribution in [0.4, 0.5) is 5.69 Å². The lowest BCUT2D eigenvalue weighted by Crippen LogP contribution is -2.50. The molecule has 1 fully saturated rings. The fourth-order valence-corrected chi connectivity index (χ4v) is 4.46. The van der Waals surface area contributed by atoms with E-state index < -0.39 is 0 Å². The van der Waals surface area contributed by atoms with Crippen LogP contribution in [0.5, 0.6) is 5.75 Å². The van der Waals surface area contributed by atoms with Gasteiger partial charge < -0.3 is 15.0 Å². The van der Waals surface area contributed by atoms with Gasteiger partial charge in [0.15, 0.2) is 5.11 Å².